The van der Waals surface area contributed by atoms with Crippen LogP contribution < -0.4 is 15.4 Å². The Morgan fingerprint density at radius 2 is 2.07 bits per heavy atom. The summed E-state index contributed by atoms with van der Waals surface area (Å²) in [4.78, 5) is 7.44. The highest BCUT2D eigenvalue weighted by Crippen LogP contribution is 2.32. The molecule has 29 heavy (non-hydrogen) atoms. The van der Waals surface area contributed by atoms with Crippen molar-refractivity contribution in [3.8, 4) is 5.75 Å². The van der Waals surface area contributed by atoms with E-state index in [-0.39, 0.29) is 11.9 Å². The highest BCUT2D eigenvalue weighted by molar-refractivity contribution is 5.80. The van der Waals surface area contributed by atoms with Crippen molar-refractivity contribution in [3.05, 3.63) is 29.6 Å². The van der Waals surface area contributed by atoms with Crippen molar-refractivity contribution in [2.24, 2.45) is 16.8 Å². The molecule has 2 aliphatic carbocycles. The summed E-state index contributed by atoms with van der Waals surface area (Å²) in [5, 5.41) is 6.76. The third-order valence-corrected chi connectivity index (χ3v) is 6.21. The molecule has 6 heteroatoms. The number of aliphatic imine (C=N–C) groups is 1. The Hall–Kier alpha value is -1.82. The van der Waals surface area contributed by atoms with Crippen molar-refractivity contribution in [1.82, 2.24) is 15.5 Å². The fraction of sp³-hybridized carbons (Fsp3) is 0.696. The van der Waals surface area contributed by atoms with Gasteiger partial charge >= 0.3 is 0 Å². The number of halogens is 1. The molecule has 2 unspecified atom stereocenters. The second-order valence-electron chi connectivity index (χ2n) is 8.91. The lowest BCUT2D eigenvalue weighted by atomic mass is 10.1. The SMILES string of the molecule is CCNC(=NCC1CCN(C2CC2)C1)NC(C)c1ccc(OCC2CC2)c(F)c1. The average molecular weight is 403 g/mol. The highest BCUT2D eigenvalue weighted by atomic mass is 19.1. The van der Waals surface area contributed by atoms with Gasteiger partial charge in [0.05, 0.1) is 12.6 Å². The van der Waals surface area contributed by atoms with Crippen LogP contribution in [0.2, 0.25) is 0 Å². The van der Waals surface area contributed by atoms with E-state index in [4.69, 9.17) is 9.73 Å². The normalized spacial score (nSPS) is 23.8. The molecule has 160 valence electrons. The van der Waals surface area contributed by atoms with Gasteiger partial charge in [0.2, 0.25) is 0 Å². The monoisotopic (exact) mass is 402 g/mol. The van der Waals surface area contributed by atoms with E-state index in [2.05, 4.69) is 22.5 Å². The summed E-state index contributed by atoms with van der Waals surface area (Å²) in [7, 11) is 0. The van der Waals surface area contributed by atoms with Crippen molar-refractivity contribution in [2.75, 3.05) is 32.8 Å². The topological polar surface area (TPSA) is 48.9 Å². The summed E-state index contributed by atoms with van der Waals surface area (Å²) in [6.45, 7) is 8.78. The summed E-state index contributed by atoms with van der Waals surface area (Å²) >= 11 is 0. The van der Waals surface area contributed by atoms with Gasteiger partial charge in [0, 0.05) is 25.7 Å². The molecule has 4 rings (SSSR count). The van der Waals surface area contributed by atoms with Gasteiger partial charge in [0.1, 0.15) is 0 Å². The van der Waals surface area contributed by atoms with Crippen molar-refractivity contribution >= 4 is 5.96 Å². The van der Waals surface area contributed by atoms with Crippen molar-refractivity contribution in [2.45, 2.75) is 58.0 Å². The van der Waals surface area contributed by atoms with Crippen LogP contribution in [0.15, 0.2) is 23.2 Å². The fourth-order valence-electron chi connectivity index (χ4n) is 4.01. The molecule has 2 saturated carbocycles. The van der Waals surface area contributed by atoms with E-state index in [1.807, 2.05) is 13.0 Å². The Bertz CT molecular complexity index is 717. The van der Waals surface area contributed by atoms with Gasteiger partial charge in [-0.3, -0.25) is 4.99 Å². The largest absolute Gasteiger partial charge is 0.490 e. The van der Waals surface area contributed by atoms with Crippen molar-refractivity contribution in [1.29, 1.82) is 0 Å². The molecule has 0 radical (unpaired) electrons. The molecule has 0 amide bonds. The van der Waals surface area contributed by atoms with Crippen LogP contribution in [0.1, 0.15) is 57.6 Å². The predicted octanol–water partition coefficient (Wildman–Crippen LogP) is 3.71. The number of rotatable bonds is 9. The molecule has 1 aromatic carbocycles. The maximum atomic E-state index is 14.4. The van der Waals surface area contributed by atoms with Gasteiger partial charge in [0.25, 0.3) is 0 Å². The Morgan fingerprint density at radius 1 is 1.24 bits per heavy atom. The number of nitrogens with zero attached hydrogens (tertiary/aromatic N) is 2. The number of likely N-dealkylation sites (tertiary alicyclic amines) is 1. The standard InChI is InChI=1S/C23H35FN4O/c1-3-25-23(26-13-18-10-11-28(14-18)20-7-8-20)27-16(2)19-6-9-22(21(24)12-19)29-15-17-4-5-17/h6,9,12,16-18,20H,3-5,7-8,10-11,13-15H2,1-2H3,(H2,25,26,27). The first-order chi connectivity index (χ1) is 14.1. The quantitative estimate of drug-likeness (QED) is 0.488. The summed E-state index contributed by atoms with van der Waals surface area (Å²) in [6.07, 6.45) is 6.39. The van der Waals surface area contributed by atoms with Crippen LogP contribution in [0.25, 0.3) is 0 Å². The molecule has 3 aliphatic rings. The van der Waals surface area contributed by atoms with Gasteiger partial charge < -0.3 is 20.3 Å². The third-order valence-electron chi connectivity index (χ3n) is 6.21. The van der Waals surface area contributed by atoms with Gasteiger partial charge in [-0.05, 0) is 82.0 Å². The molecular weight excluding hydrogens is 367 g/mol. The van der Waals surface area contributed by atoms with E-state index in [0.717, 1.165) is 30.7 Å². The molecular formula is C23H35FN4O. The van der Waals surface area contributed by atoms with Crippen LogP contribution in [-0.4, -0.2) is 49.7 Å². The van der Waals surface area contributed by atoms with E-state index in [1.165, 1.54) is 45.2 Å². The molecule has 1 aromatic rings. The van der Waals surface area contributed by atoms with Crippen LogP contribution >= 0.6 is 0 Å². The molecule has 2 atom stereocenters. The third kappa shape index (κ3) is 5.84. The lowest BCUT2D eigenvalue weighted by Crippen LogP contribution is -2.39. The minimum absolute atomic E-state index is 0.0358. The average Bonchev–Trinajstić information content (AvgIpc) is 3.65. The maximum absolute atomic E-state index is 14.4. The van der Waals surface area contributed by atoms with Crippen molar-refractivity contribution in [3.63, 3.8) is 0 Å². The molecule has 1 heterocycles. The fourth-order valence-corrected chi connectivity index (χ4v) is 4.01. The first kappa shape index (κ1) is 20.5. The smallest absolute Gasteiger partial charge is 0.191 e. The summed E-state index contributed by atoms with van der Waals surface area (Å²) < 4.78 is 20.0. The molecule has 5 nitrogen and oxygen atoms in total. The minimum atomic E-state index is -0.287. The van der Waals surface area contributed by atoms with Gasteiger partial charge in [-0.15, -0.1) is 0 Å². The van der Waals surface area contributed by atoms with E-state index in [1.54, 1.807) is 12.1 Å². The number of hydrogen-bond acceptors (Lipinski definition) is 3. The summed E-state index contributed by atoms with van der Waals surface area (Å²) in [6, 6.07) is 6.08. The van der Waals surface area contributed by atoms with Crippen LogP contribution in [-0.2, 0) is 0 Å². The second kappa shape index (κ2) is 9.33. The van der Waals surface area contributed by atoms with Gasteiger partial charge in [0.15, 0.2) is 17.5 Å². The Kier molecular flexibility index (Phi) is 6.58. The zero-order valence-corrected chi connectivity index (χ0v) is 17.8. The number of benzene rings is 1. The number of hydrogen-bond donors (Lipinski definition) is 2. The Balaban J connectivity index is 1.31. The van der Waals surface area contributed by atoms with Gasteiger partial charge in [-0.1, -0.05) is 6.07 Å². The summed E-state index contributed by atoms with van der Waals surface area (Å²) in [5.74, 6) is 2.13. The molecule has 3 fully saturated rings. The van der Waals surface area contributed by atoms with Crippen molar-refractivity contribution < 1.29 is 9.13 Å². The van der Waals surface area contributed by atoms with Crippen LogP contribution in [0, 0.1) is 17.7 Å². The maximum Gasteiger partial charge on any atom is 0.191 e. The van der Waals surface area contributed by atoms with E-state index in [9.17, 15) is 4.39 Å². The zero-order chi connectivity index (χ0) is 20.2. The van der Waals surface area contributed by atoms with E-state index < -0.39 is 0 Å². The van der Waals surface area contributed by atoms with E-state index in [0.29, 0.717) is 24.2 Å². The lowest BCUT2D eigenvalue weighted by Gasteiger charge is -2.19. The molecule has 0 aromatic heterocycles. The minimum Gasteiger partial charge on any atom is -0.490 e. The predicted molar refractivity (Wildman–Crippen MR) is 115 cm³/mol. The number of guanidine groups is 1. The molecule has 0 spiro atoms. The first-order valence-electron chi connectivity index (χ1n) is 11.3. The number of ether oxygens (including phenoxy) is 1. The highest BCUT2D eigenvalue weighted by Gasteiger charge is 2.34. The molecule has 1 aliphatic heterocycles. The molecule has 2 N–H and O–H groups in total. The Labute approximate surface area is 174 Å². The molecule has 0 bridgehead atoms. The first-order valence-corrected chi connectivity index (χ1v) is 11.3. The van der Waals surface area contributed by atoms with Crippen LogP contribution in [0.3, 0.4) is 0 Å². The van der Waals surface area contributed by atoms with Gasteiger partial charge in [-0.2, -0.15) is 0 Å². The zero-order valence-electron chi connectivity index (χ0n) is 17.8. The van der Waals surface area contributed by atoms with E-state index >= 15 is 0 Å². The lowest BCUT2D eigenvalue weighted by molar-refractivity contribution is 0.285. The second-order valence-corrected chi connectivity index (χ2v) is 8.91. The van der Waals surface area contributed by atoms with Crippen LogP contribution in [0.4, 0.5) is 4.39 Å². The van der Waals surface area contributed by atoms with Crippen LogP contribution in [0.5, 0.6) is 5.75 Å². The summed E-state index contributed by atoms with van der Waals surface area (Å²) in [5.41, 5.74) is 0.896. The Morgan fingerprint density at radius 3 is 2.76 bits per heavy atom. The molecule has 1 saturated heterocycles. The number of nitrogens with one attached hydrogen (secondary N) is 2. The van der Waals surface area contributed by atoms with Gasteiger partial charge in [-0.25, -0.2) is 4.39 Å².